The Labute approximate surface area is 177 Å². The third kappa shape index (κ3) is 4.20. The fourth-order valence-corrected chi connectivity index (χ4v) is 4.07. The van der Waals surface area contributed by atoms with Gasteiger partial charge in [0, 0.05) is 27.7 Å². The molecule has 1 atom stereocenters. The molecule has 2 aromatic rings. The van der Waals surface area contributed by atoms with Gasteiger partial charge in [-0.3, -0.25) is 9.59 Å². The first kappa shape index (κ1) is 21.9. The molecule has 1 aromatic carbocycles. The lowest BCUT2D eigenvalue weighted by Gasteiger charge is -2.35. The third-order valence-corrected chi connectivity index (χ3v) is 5.56. The van der Waals surface area contributed by atoms with Crippen LogP contribution in [0.2, 0.25) is 0 Å². The highest BCUT2D eigenvalue weighted by molar-refractivity contribution is 5.97. The number of hydrogen-bond donors (Lipinski definition) is 0. The second-order valence-electron chi connectivity index (χ2n) is 8.85. The predicted octanol–water partition coefficient (Wildman–Crippen LogP) is 3.37. The number of cyclic esters (lactones) is 2. The maximum Gasteiger partial charge on any atom is 0.324 e. The molecule has 2 heterocycles. The number of hydrogen-bond acceptors (Lipinski definition) is 5. The Hall–Kier alpha value is -2.83. The van der Waals surface area contributed by atoms with Crippen LogP contribution in [0.4, 0.5) is 0 Å². The molecule has 0 radical (unpaired) electrons. The number of aromatic nitrogens is 2. The number of imidazole rings is 1. The fraction of sp³-hybridized carbons (Fsp3) is 0.522. The maximum atomic E-state index is 13.2. The molecule has 0 N–H and O–H groups in total. The Bertz CT molecular complexity index is 926. The molecular weight excluding hydrogens is 384 g/mol. The molecule has 30 heavy (non-hydrogen) atoms. The van der Waals surface area contributed by atoms with Crippen molar-refractivity contribution < 1.29 is 23.8 Å². The molecule has 1 aromatic heterocycles. The molecule has 0 saturated carbocycles. The second kappa shape index (κ2) is 8.13. The molecule has 7 heteroatoms. The lowest BCUT2D eigenvalue weighted by atomic mass is 9.83. The first-order valence-corrected chi connectivity index (χ1v) is 10.3. The number of carbonyl (C=O) groups is 2. The van der Waals surface area contributed by atoms with Gasteiger partial charge in [-0.1, -0.05) is 44.2 Å². The van der Waals surface area contributed by atoms with E-state index < -0.39 is 29.6 Å². The molecule has 0 spiro atoms. The van der Waals surface area contributed by atoms with Gasteiger partial charge in [-0.2, -0.15) is 0 Å². The summed E-state index contributed by atoms with van der Waals surface area (Å²) < 4.78 is 13.5. The van der Waals surface area contributed by atoms with Gasteiger partial charge in [0.2, 0.25) is 0 Å². The number of carbonyl (C=O) groups excluding carboxylic acids is 2. The van der Waals surface area contributed by atoms with Crippen LogP contribution in [-0.2, 0) is 25.6 Å². The number of benzene rings is 1. The van der Waals surface area contributed by atoms with Crippen molar-refractivity contribution in [1.82, 2.24) is 4.57 Å². The van der Waals surface area contributed by atoms with Gasteiger partial charge in [0.05, 0.1) is 5.92 Å². The van der Waals surface area contributed by atoms with Crippen LogP contribution in [0, 0.1) is 30.9 Å². The Balaban J connectivity index is 2.12. The van der Waals surface area contributed by atoms with E-state index in [-0.39, 0.29) is 5.92 Å². The highest BCUT2D eigenvalue weighted by Gasteiger charge is 2.51. The first-order valence-electron chi connectivity index (χ1n) is 10.3. The molecule has 0 amide bonds. The minimum absolute atomic E-state index is 0.145. The molecule has 0 bridgehead atoms. The van der Waals surface area contributed by atoms with E-state index in [0.29, 0.717) is 24.5 Å². The highest BCUT2D eigenvalue weighted by atomic mass is 16.7. The van der Waals surface area contributed by atoms with Crippen molar-refractivity contribution in [2.45, 2.75) is 66.2 Å². The van der Waals surface area contributed by atoms with Crippen molar-refractivity contribution in [1.29, 1.82) is 0 Å². The molecular formula is C23H30N2O5. The van der Waals surface area contributed by atoms with Gasteiger partial charge < -0.3 is 14.7 Å². The van der Waals surface area contributed by atoms with Gasteiger partial charge in [0.25, 0.3) is 11.6 Å². The molecule has 1 aliphatic rings. The van der Waals surface area contributed by atoms with Crippen molar-refractivity contribution >= 4 is 11.9 Å². The number of rotatable bonds is 6. The summed E-state index contributed by atoms with van der Waals surface area (Å²) in [6, 6.07) is 9.78. The van der Waals surface area contributed by atoms with E-state index >= 15 is 0 Å². The first-order chi connectivity index (χ1) is 14.0. The number of ether oxygens (including phenoxy) is 2. The summed E-state index contributed by atoms with van der Waals surface area (Å²) in [5.41, 5.74) is 2.37. The lowest BCUT2D eigenvalue weighted by Crippen LogP contribution is -2.50. The smallest absolute Gasteiger partial charge is 0.324 e. The minimum atomic E-state index is -1.31. The Morgan fingerprint density at radius 1 is 1.10 bits per heavy atom. The largest absolute Gasteiger partial charge is 0.711 e. The monoisotopic (exact) mass is 414 g/mol. The van der Waals surface area contributed by atoms with E-state index in [4.69, 9.17) is 9.47 Å². The van der Waals surface area contributed by atoms with Crippen LogP contribution in [-0.4, -0.2) is 22.3 Å². The van der Waals surface area contributed by atoms with Crippen LogP contribution in [0.25, 0.3) is 0 Å². The predicted molar refractivity (Wildman–Crippen MR) is 110 cm³/mol. The van der Waals surface area contributed by atoms with Gasteiger partial charge in [0.15, 0.2) is 5.92 Å². The zero-order valence-electron chi connectivity index (χ0n) is 18.5. The SMILES string of the molecule is Cc1c(C)[n+]([O-])c([C@@H](CC(C)C)C2C(=O)OC(C)(C)OC2=O)n1Cc1ccccc1. The summed E-state index contributed by atoms with van der Waals surface area (Å²) >= 11 is 0. The van der Waals surface area contributed by atoms with Crippen LogP contribution < -0.4 is 4.73 Å². The summed E-state index contributed by atoms with van der Waals surface area (Å²) in [6.07, 6.45) is 0.467. The van der Waals surface area contributed by atoms with Gasteiger partial charge in [-0.25, -0.2) is 9.30 Å². The Morgan fingerprint density at radius 2 is 1.67 bits per heavy atom. The summed E-state index contributed by atoms with van der Waals surface area (Å²) in [5, 5.41) is 13.2. The fourth-order valence-electron chi connectivity index (χ4n) is 4.07. The Kier molecular flexibility index (Phi) is 5.92. The van der Waals surface area contributed by atoms with Crippen molar-refractivity contribution in [3.63, 3.8) is 0 Å². The number of esters is 2. The lowest BCUT2D eigenvalue weighted by molar-refractivity contribution is -0.622. The van der Waals surface area contributed by atoms with Crippen LogP contribution in [0.3, 0.4) is 0 Å². The van der Waals surface area contributed by atoms with Crippen molar-refractivity contribution in [3.8, 4) is 0 Å². The molecule has 1 aliphatic heterocycles. The van der Waals surface area contributed by atoms with Gasteiger partial charge >= 0.3 is 11.9 Å². The normalized spacial score (nSPS) is 17.7. The van der Waals surface area contributed by atoms with E-state index in [1.165, 1.54) is 13.8 Å². The molecule has 0 aliphatic carbocycles. The molecule has 7 nitrogen and oxygen atoms in total. The maximum absolute atomic E-state index is 13.2. The molecule has 3 rings (SSSR count). The summed E-state index contributed by atoms with van der Waals surface area (Å²) in [4.78, 5) is 25.7. The van der Waals surface area contributed by atoms with E-state index in [9.17, 15) is 14.8 Å². The molecule has 162 valence electrons. The average Bonchev–Trinajstić information content (AvgIpc) is 2.84. The Morgan fingerprint density at radius 3 is 2.20 bits per heavy atom. The van der Waals surface area contributed by atoms with E-state index in [1.807, 2.05) is 55.7 Å². The van der Waals surface area contributed by atoms with Crippen LogP contribution in [0.1, 0.15) is 62.8 Å². The van der Waals surface area contributed by atoms with Crippen LogP contribution in [0.5, 0.6) is 0 Å². The zero-order valence-corrected chi connectivity index (χ0v) is 18.5. The zero-order chi connectivity index (χ0) is 22.2. The third-order valence-electron chi connectivity index (χ3n) is 5.56. The van der Waals surface area contributed by atoms with Crippen molar-refractivity contribution in [2.24, 2.45) is 11.8 Å². The van der Waals surface area contributed by atoms with Crippen LogP contribution in [0.15, 0.2) is 30.3 Å². The van der Waals surface area contributed by atoms with Gasteiger partial charge in [0.1, 0.15) is 17.9 Å². The molecule has 1 fully saturated rings. The van der Waals surface area contributed by atoms with E-state index in [1.54, 1.807) is 6.92 Å². The minimum Gasteiger partial charge on any atom is -0.711 e. The average molecular weight is 415 g/mol. The number of nitrogens with zero attached hydrogens (tertiary/aromatic N) is 2. The highest BCUT2D eigenvalue weighted by Crippen LogP contribution is 2.37. The second-order valence-corrected chi connectivity index (χ2v) is 8.85. The van der Waals surface area contributed by atoms with Gasteiger partial charge in [-0.15, -0.1) is 0 Å². The topological polar surface area (TPSA) is 84.5 Å². The molecule has 0 unspecified atom stereocenters. The summed E-state index contributed by atoms with van der Waals surface area (Å²) in [5.74, 6) is -3.90. The molecule has 1 saturated heterocycles. The van der Waals surface area contributed by atoms with Crippen molar-refractivity contribution in [3.05, 3.63) is 58.3 Å². The quantitative estimate of drug-likeness (QED) is 0.313. The summed E-state index contributed by atoms with van der Waals surface area (Å²) in [6.45, 7) is 11.1. The standard InChI is InChI=1S/C23H30N2O5/c1-14(2)12-18(19-21(26)29-23(5,6)30-22(19)27)20-24(15(3)16(4)25(20)28)13-17-10-8-7-9-11-17/h7-11,14,18-19H,12-13H2,1-6H3/t18-/m0/s1. The van der Waals surface area contributed by atoms with E-state index in [0.717, 1.165) is 16.0 Å². The van der Waals surface area contributed by atoms with Crippen LogP contribution >= 0.6 is 0 Å². The van der Waals surface area contributed by atoms with Gasteiger partial charge in [-0.05, 0) is 17.9 Å². The van der Waals surface area contributed by atoms with Crippen molar-refractivity contribution in [2.75, 3.05) is 0 Å². The van der Waals surface area contributed by atoms with E-state index in [2.05, 4.69) is 0 Å². The summed E-state index contributed by atoms with van der Waals surface area (Å²) in [7, 11) is 0.